The number of benzene rings is 2. The lowest BCUT2D eigenvalue weighted by Crippen LogP contribution is -2.39. The van der Waals surface area contributed by atoms with Crippen molar-refractivity contribution >= 4 is 28.5 Å². The van der Waals surface area contributed by atoms with E-state index in [1.54, 1.807) is 67.2 Å². The highest BCUT2D eigenvalue weighted by Gasteiger charge is 2.15. The summed E-state index contributed by atoms with van der Waals surface area (Å²) in [6, 6.07) is 13.5. The zero-order valence-electron chi connectivity index (χ0n) is 15.8. The van der Waals surface area contributed by atoms with Gasteiger partial charge in [0.15, 0.2) is 16.9 Å². The van der Waals surface area contributed by atoms with Crippen LogP contribution in [-0.2, 0) is 20.6 Å². The van der Waals surface area contributed by atoms with E-state index in [1.165, 1.54) is 15.5 Å². The van der Waals surface area contributed by atoms with Crippen molar-refractivity contribution in [3.8, 4) is 0 Å². The van der Waals surface area contributed by atoms with Gasteiger partial charge in [0, 0.05) is 30.2 Å². The van der Waals surface area contributed by atoms with Crippen molar-refractivity contribution in [3.05, 3.63) is 97.4 Å². The number of ketones is 1. The Bertz CT molecular complexity index is 1350. The summed E-state index contributed by atoms with van der Waals surface area (Å²) < 4.78 is 4.12. The summed E-state index contributed by atoms with van der Waals surface area (Å²) >= 11 is 5.86. The molecule has 2 heterocycles. The third-order valence-corrected chi connectivity index (χ3v) is 5.12. The molecular weight excluding hydrogens is 392 g/mol. The number of aromatic nitrogens is 4. The van der Waals surface area contributed by atoms with Gasteiger partial charge in [0.05, 0.1) is 12.9 Å². The molecular formula is C21H17ClN4O3. The van der Waals surface area contributed by atoms with Gasteiger partial charge in [-0.15, -0.1) is 0 Å². The Morgan fingerprint density at radius 1 is 0.966 bits per heavy atom. The second-order valence-corrected chi connectivity index (χ2v) is 7.23. The van der Waals surface area contributed by atoms with E-state index in [4.69, 9.17) is 11.6 Å². The number of carbonyl (C=O) groups is 1. The van der Waals surface area contributed by atoms with Gasteiger partial charge in [-0.1, -0.05) is 35.9 Å². The molecule has 0 spiro atoms. The lowest BCUT2D eigenvalue weighted by atomic mass is 10.0. The molecule has 0 N–H and O–H groups in total. The SMILES string of the molecule is Cn1cnc2c1c(=O)n(Cc1ccc(C(=O)c3ccc(Cl)cc3)cc1)c(=O)n2C. The molecule has 0 amide bonds. The first kappa shape index (κ1) is 18.9. The molecule has 0 aliphatic carbocycles. The van der Waals surface area contributed by atoms with Crippen LogP contribution >= 0.6 is 11.6 Å². The molecule has 29 heavy (non-hydrogen) atoms. The molecule has 0 aliphatic heterocycles. The number of aryl methyl sites for hydroxylation is 2. The van der Waals surface area contributed by atoms with Crippen LogP contribution in [0.1, 0.15) is 21.5 Å². The number of halogens is 1. The summed E-state index contributed by atoms with van der Waals surface area (Å²) in [5, 5.41) is 0.564. The van der Waals surface area contributed by atoms with Gasteiger partial charge in [0.25, 0.3) is 5.56 Å². The molecule has 4 rings (SSSR count). The van der Waals surface area contributed by atoms with E-state index >= 15 is 0 Å². The maximum Gasteiger partial charge on any atom is 0.332 e. The molecule has 0 fully saturated rings. The van der Waals surface area contributed by atoms with E-state index in [0.29, 0.717) is 27.3 Å². The van der Waals surface area contributed by atoms with E-state index in [2.05, 4.69) is 4.98 Å². The third kappa shape index (κ3) is 3.30. The zero-order chi connectivity index (χ0) is 20.7. The third-order valence-electron chi connectivity index (χ3n) is 4.86. The van der Waals surface area contributed by atoms with Crippen LogP contribution in [0, 0.1) is 0 Å². The number of fused-ring (bicyclic) bond motifs is 1. The lowest BCUT2D eigenvalue weighted by Gasteiger charge is -2.09. The van der Waals surface area contributed by atoms with Gasteiger partial charge < -0.3 is 4.57 Å². The molecule has 146 valence electrons. The highest BCUT2D eigenvalue weighted by Crippen LogP contribution is 2.15. The van der Waals surface area contributed by atoms with Crippen molar-refractivity contribution in [1.82, 2.24) is 18.7 Å². The molecule has 0 atom stereocenters. The molecule has 0 saturated carbocycles. The van der Waals surface area contributed by atoms with Gasteiger partial charge in [-0.3, -0.25) is 18.7 Å². The number of hydrogen-bond donors (Lipinski definition) is 0. The Morgan fingerprint density at radius 3 is 2.17 bits per heavy atom. The molecule has 0 unspecified atom stereocenters. The quantitative estimate of drug-likeness (QED) is 0.486. The van der Waals surface area contributed by atoms with E-state index < -0.39 is 11.2 Å². The molecule has 0 aliphatic rings. The van der Waals surface area contributed by atoms with Crippen LogP contribution in [0.25, 0.3) is 11.2 Å². The van der Waals surface area contributed by atoms with Crippen LogP contribution in [0.15, 0.2) is 64.4 Å². The van der Waals surface area contributed by atoms with Crippen molar-refractivity contribution in [3.63, 3.8) is 0 Å². The molecule has 4 aromatic rings. The minimum absolute atomic E-state index is 0.0992. The van der Waals surface area contributed by atoms with Crippen LogP contribution < -0.4 is 11.2 Å². The standard InChI is InChI=1S/C21H17ClN4O3/c1-24-12-23-19-17(24)20(28)26(21(29)25(19)2)11-13-3-5-14(6-4-13)18(27)15-7-9-16(22)10-8-15/h3-10,12H,11H2,1-2H3. The van der Waals surface area contributed by atoms with Crippen molar-refractivity contribution < 1.29 is 4.79 Å². The average Bonchev–Trinajstić information content (AvgIpc) is 3.12. The summed E-state index contributed by atoms with van der Waals surface area (Å²) in [4.78, 5) is 42.1. The molecule has 2 aromatic heterocycles. The van der Waals surface area contributed by atoms with Crippen LogP contribution in [0.2, 0.25) is 5.02 Å². The summed E-state index contributed by atoms with van der Waals surface area (Å²) in [5.41, 5.74) is 1.65. The van der Waals surface area contributed by atoms with Crippen LogP contribution in [0.3, 0.4) is 0 Å². The second kappa shape index (κ2) is 7.18. The number of carbonyl (C=O) groups excluding carboxylic acids is 1. The first-order valence-electron chi connectivity index (χ1n) is 8.87. The smallest absolute Gasteiger partial charge is 0.328 e. The van der Waals surface area contributed by atoms with Crippen LogP contribution in [-0.4, -0.2) is 24.5 Å². The van der Waals surface area contributed by atoms with Crippen molar-refractivity contribution in [2.24, 2.45) is 14.1 Å². The molecule has 0 radical (unpaired) electrons. The fourth-order valence-corrected chi connectivity index (χ4v) is 3.37. The summed E-state index contributed by atoms with van der Waals surface area (Å²) in [7, 11) is 3.30. The molecule has 7 nitrogen and oxygen atoms in total. The predicted molar refractivity (Wildman–Crippen MR) is 111 cm³/mol. The van der Waals surface area contributed by atoms with Gasteiger partial charge in [0.1, 0.15) is 0 Å². The number of hydrogen-bond acceptors (Lipinski definition) is 4. The number of nitrogens with zero attached hydrogens (tertiary/aromatic N) is 4. The second-order valence-electron chi connectivity index (χ2n) is 6.79. The van der Waals surface area contributed by atoms with E-state index in [1.807, 2.05) is 0 Å². The van der Waals surface area contributed by atoms with Gasteiger partial charge >= 0.3 is 5.69 Å². The maximum atomic E-state index is 12.8. The Labute approximate surface area is 170 Å². The largest absolute Gasteiger partial charge is 0.332 e. The maximum absolute atomic E-state index is 12.8. The van der Waals surface area contributed by atoms with Crippen LogP contribution in [0.5, 0.6) is 0 Å². The molecule has 0 bridgehead atoms. The normalized spacial score (nSPS) is 11.1. The number of rotatable bonds is 4. The highest BCUT2D eigenvalue weighted by atomic mass is 35.5. The molecule has 8 heteroatoms. The van der Waals surface area contributed by atoms with Gasteiger partial charge in [0.2, 0.25) is 0 Å². The van der Waals surface area contributed by atoms with Crippen LogP contribution in [0.4, 0.5) is 0 Å². The summed E-state index contributed by atoms with van der Waals surface area (Å²) in [6.45, 7) is 0.0992. The summed E-state index contributed by atoms with van der Waals surface area (Å²) in [6.07, 6.45) is 1.51. The van der Waals surface area contributed by atoms with E-state index in [-0.39, 0.29) is 12.3 Å². The zero-order valence-corrected chi connectivity index (χ0v) is 16.6. The van der Waals surface area contributed by atoms with Crippen molar-refractivity contribution in [2.75, 3.05) is 0 Å². The first-order valence-corrected chi connectivity index (χ1v) is 9.24. The van der Waals surface area contributed by atoms with Gasteiger partial charge in [-0.05, 0) is 29.8 Å². The Balaban J connectivity index is 1.67. The Morgan fingerprint density at radius 2 is 1.55 bits per heavy atom. The first-order chi connectivity index (χ1) is 13.9. The summed E-state index contributed by atoms with van der Waals surface area (Å²) in [5.74, 6) is -0.127. The molecule has 0 saturated heterocycles. The minimum Gasteiger partial charge on any atom is -0.328 e. The Hall–Kier alpha value is -3.45. The predicted octanol–water partition coefficient (Wildman–Crippen LogP) is 2.37. The van der Waals surface area contributed by atoms with Gasteiger partial charge in [-0.2, -0.15) is 0 Å². The average molecular weight is 409 g/mol. The van der Waals surface area contributed by atoms with Gasteiger partial charge in [-0.25, -0.2) is 9.78 Å². The van der Waals surface area contributed by atoms with Crippen molar-refractivity contribution in [1.29, 1.82) is 0 Å². The fraction of sp³-hybridized carbons (Fsp3) is 0.143. The monoisotopic (exact) mass is 408 g/mol. The van der Waals surface area contributed by atoms with E-state index in [9.17, 15) is 14.4 Å². The minimum atomic E-state index is -0.442. The molecule has 2 aromatic carbocycles. The number of imidazole rings is 1. The fourth-order valence-electron chi connectivity index (χ4n) is 3.25. The Kier molecular flexibility index (Phi) is 4.68. The van der Waals surface area contributed by atoms with Crippen molar-refractivity contribution in [2.45, 2.75) is 6.54 Å². The highest BCUT2D eigenvalue weighted by molar-refractivity contribution is 6.30. The van der Waals surface area contributed by atoms with E-state index in [0.717, 1.165) is 5.56 Å². The topological polar surface area (TPSA) is 78.9 Å². The lowest BCUT2D eigenvalue weighted by molar-refractivity contribution is 0.103.